The highest BCUT2D eigenvalue weighted by atomic mass is 32.1. The number of hydrogen-bond acceptors (Lipinski definition) is 3. The molecule has 56 valence electrons. The summed E-state index contributed by atoms with van der Waals surface area (Å²) in [6, 6.07) is 0. The molecular formula is C7H12N2S. The molecule has 0 spiro atoms. The molecule has 1 rings (SSSR count). The Morgan fingerprint density at radius 1 is 1.70 bits per heavy atom. The molecule has 10 heavy (non-hydrogen) atoms. The normalized spacial score (nSPS) is 32.5. The lowest BCUT2D eigenvalue weighted by Gasteiger charge is -2.10. The molecule has 0 saturated heterocycles. The molecule has 1 aliphatic rings. The van der Waals surface area contributed by atoms with Crippen molar-refractivity contribution in [3.05, 3.63) is 12.2 Å². The van der Waals surface area contributed by atoms with Crippen molar-refractivity contribution in [2.24, 2.45) is 5.10 Å². The zero-order valence-corrected chi connectivity index (χ0v) is 7.18. The van der Waals surface area contributed by atoms with Gasteiger partial charge in [-0.1, -0.05) is 12.2 Å². The minimum Gasteiger partial charge on any atom is -0.297 e. The summed E-state index contributed by atoms with van der Waals surface area (Å²) in [5, 5.41) is 6.02. The Morgan fingerprint density at radius 3 is 3.10 bits per heavy atom. The first-order chi connectivity index (χ1) is 4.60. The molecule has 1 atom stereocenters. The number of likely N-dealkylation sites (N-methyl/N-ethyl adjacent to an activating group) is 1. The lowest BCUT2D eigenvalue weighted by Crippen LogP contribution is -2.15. The van der Waals surface area contributed by atoms with Gasteiger partial charge in [0, 0.05) is 13.3 Å². The monoisotopic (exact) mass is 156 g/mol. The SMILES string of the molecule is CN1CC=CC(C)(S)C=N1. The second-order valence-corrected chi connectivity index (χ2v) is 3.68. The Kier molecular flexibility index (Phi) is 2.04. The van der Waals surface area contributed by atoms with Gasteiger partial charge in [0.05, 0.1) is 11.3 Å². The first-order valence-electron chi connectivity index (χ1n) is 3.26. The van der Waals surface area contributed by atoms with E-state index < -0.39 is 0 Å². The third-order valence-electron chi connectivity index (χ3n) is 1.34. The predicted molar refractivity (Wildman–Crippen MR) is 47.7 cm³/mol. The van der Waals surface area contributed by atoms with E-state index in [4.69, 9.17) is 0 Å². The van der Waals surface area contributed by atoms with Crippen molar-refractivity contribution in [1.29, 1.82) is 0 Å². The van der Waals surface area contributed by atoms with Crippen LogP contribution in [0.2, 0.25) is 0 Å². The Morgan fingerprint density at radius 2 is 2.40 bits per heavy atom. The Bertz CT molecular complexity index is 172. The topological polar surface area (TPSA) is 15.6 Å². The Balaban J connectivity index is 2.74. The van der Waals surface area contributed by atoms with Gasteiger partial charge in [-0.15, -0.1) is 0 Å². The van der Waals surface area contributed by atoms with Gasteiger partial charge in [0.15, 0.2) is 0 Å². The highest BCUT2D eigenvalue weighted by molar-refractivity contribution is 7.82. The van der Waals surface area contributed by atoms with Crippen LogP contribution in [0.1, 0.15) is 6.92 Å². The van der Waals surface area contributed by atoms with Crippen LogP contribution < -0.4 is 0 Å². The molecule has 0 fully saturated rings. The molecule has 0 bridgehead atoms. The molecule has 0 saturated carbocycles. The smallest absolute Gasteiger partial charge is 0.0650 e. The van der Waals surface area contributed by atoms with Crippen LogP contribution in [0.3, 0.4) is 0 Å². The summed E-state index contributed by atoms with van der Waals surface area (Å²) in [7, 11) is 1.94. The van der Waals surface area contributed by atoms with E-state index in [-0.39, 0.29) is 4.75 Å². The summed E-state index contributed by atoms with van der Waals surface area (Å²) in [6.45, 7) is 2.88. The number of thiol groups is 1. The summed E-state index contributed by atoms with van der Waals surface area (Å²) in [6.07, 6.45) is 5.95. The molecule has 1 aliphatic heterocycles. The third kappa shape index (κ3) is 2.06. The van der Waals surface area contributed by atoms with Crippen molar-refractivity contribution in [3.63, 3.8) is 0 Å². The number of nitrogens with zero attached hydrogens (tertiary/aromatic N) is 2. The molecule has 0 aromatic rings. The van der Waals surface area contributed by atoms with Crippen LogP contribution in [0.4, 0.5) is 0 Å². The largest absolute Gasteiger partial charge is 0.297 e. The summed E-state index contributed by atoms with van der Waals surface area (Å²) >= 11 is 4.36. The molecular weight excluding hydrogens is 144 g/mol. The van der Waals surface area contributed by atoms with E-state index in [2.05, 4.69) is 23.8 Å². The number of hydrazone groups is 1. The summed E-state index contributed by atoms with van der Waals surface area (Å²) in [5.41, 5.74) is 0. The van der Waals surface area contributed by atoms with E-state index in [0.717, 1.165) is 6.54 Å². The highest BCUT2D eigenvalue weighted by Gasteiger charge is 2.13. The quantitative estimate of drug-likeness (QED) is 0.411. The maximum absolute atomic E-state index is 4.36. The van der Waals surface area contributed by atoms with Crippen molar-refractivity contribution in [2.75, 3.05) is 13.6 Å². The van der Waals surface area contributed by atoms with E-state index >= 15 is 0 Å². The Labute approximate surface area is 67.0 Å². The van der Waals surface area contributed by atoms with Crippen molar-refractivity contribution in [3.8, 4) is 0 Å². The number of rotatable bonds is 0. The summed E-state index contributed by atoms with van der Waals surface area (Å²) in [5.74, 6) is 0. The van der Waals surface area contributed by atoms with Gasteiger partial charge in [0.1, 0.15) is 0 Å². The maximum Gasteiger partial charge on any atom is 0.0650 e. The zero-order valence-electron chi connectivity index (χ0n) is 6.28. The molecule has 0 aromatic carbocycles. The van der Waals surface area contributed by atoms with Crippen LogP contribution in [0.15, 0.2) is 17.3 Å². The van der Waals surface area contributed by atoms with Crippen LogP contribution in [-0.2, 0) is 0 Å². The molecule has 1 unspecified atom stereocenters. The van der Waals surface area contributed by atoms with Gasteiger partial charge in [-0.3, -0.25) is 5.01 Å². The van der Waals surface area contributed by atoms with Crippen LogP contribution in [-0.4, -0.2) is 29.6 Å². The highest BCUT2D eigenvalue weighted by Crippen LogP contribution is 2.14. The zero-order chi connectivity index (χ0) is 7.61. The average molecular weight is 156 g/mol. The van der Waals surface area contributed by atoms with Crippen LogP contribution in [0.25, 0.3) is 0 Å². The molecule has 2 nitrogen and oxygen atoms in total. The number of hydrogen-bond donors (Lipinski definition) is 1. The van der Waals surface area contributed by atoms with E-state index in [1.807, 2.05) is 31.3 Å². The van der Waals surface area contributed by atoms with Gasteiger partial charge in [-0.2, -0.15) is 17.7 Å². The van der Waals surface area contributed by atoms with Crippen LogP contribution >= 0.6 is 12.6 Å². The van der Waals surface area contributed by atoms with Gasteiger partial charge >= 0.3 is 0 Å². The second kappa shape index (κ2) is 2.66. The third-order valence-corrected chi connectivity index (χ3v) is 1.61. The van der Waals surface area contributed by atoms with Crippen molar-refractivity contribution in [1.82, 2.24) is 5.01 Å². The average Bonchev–Trinajstić information content (AvgIpc) is 1.94. The van der Waals surface area contributed by atoms with Crippen molar-refractivity contribution >= 4 is 18.8 Å². The second-order valence-electron chi connectivity index (χ2n) is 2.71. The van der Waals surface area contributed by atoms with Crippen LogP contribution in [0, 0.1) is 0 Å². The van der Waals surface area contributed by atoms with Gasteiger partial charge in [-0.05, 0) is 6.92 Å². The van der Waals surface area contributed by atoms with Gasteiger partial charge in [-0.25, -0.2) is 0 Å². The Hall–Kier alpha value is -0.440. The van der Waals surface area contributed by atoms with Crippen LogP contribution in [0.5, 0.6) is 0 Å². The molecule has 0 aliphatic carbocycles. The van der Waals surface area contributed by atoms with Crippen molar-refractivity contribution < 1.29 is 0 Å². The molecule has 3 heteroatoms. The standard InChI is InChI=1S/C7H12N2S/c1-7(10)4-3-5-9(2)8-6-7/h3-4,6,10H,5H2,1-2H3. The molecule has 1 heterocycles. The summed E-state index contributed by atoms with van der Waals surface area (Å²) < 4.78 is -0.176. The maximum atomic E-state index is 4.36. The van der Waals surface area contributed by atoms with E-state index in [9.17, 15) is 0 Å². The molecule has 0 aromatic heterocycles. The fourth-order valence-corrected chi connectivity index (χ4v) is 0.907. The van der Waals surface area contributed by atoms with E-state index in [0.29, 0.717) is 0 Å². The first kappa shape index (κ1) is 7.66. The first-order valence-corrected chi connectivity index (χ1v) is 3.71. The van der Waals surface area contributed by atoms with E-state index in [1.54, 1.807) is 0 Å². The van der Waals surface area contributed by atoms with Gasteiger partial charge in [0.2, 0.25) is 0 Å². The minimum absolute atomic E-state index is 0.176. The lowest BCUT2D eigenvalue weighted by molar-refractivity contribution is 0.398. The summed E-state index contributed by atoms with van der Waals surface area (Å²) in [4.78, 5) is 0. The van der Waals surface area contributed by atoms with E-state index in [1.165, 1.54) is 0 Å². The molecule has 0 radical (unpaired) electrons. The fraction of sp³-hybridized carbons (Fsp3) is 0.571. The van der Waals surface area contributed by atoms with Crippen molar-refractivity contribution in [2.45, 2.75) is 11.7 Å². The van der Waals surface area contributed by atoms with Gasteiger partial charge in [0.25, 0.3) is 0 Å². The lowest BCUT2D eigenvalue weighted by atomic mass is 10.2. The molecule has 0 N–H and O–H groups in total. The van der Waals surface area contributed by atoms with Gasteiger partial charge < -0.3 is 0 Å². The molecule has 0 amide bonds. The fourth-order valence-electron chi connectivity index (χ4n) is 0.749. The predicted octanol–water partition coefficient (Wildman–Crippen LogP) is 1.16. The minimum atomic E-state index is -0.176.